The number of imidazole rings is 1. The number of anilines is 1. The second-order valence-electron chi connectivity index (χ2n) is 7.37. The van der Waals surface area contributed by atoms with Gasteiger partial charge in [0, 0.05) is 18.9 Å². The van der Waals surface area contributed by atoms with Gasteiger partial charge in [0.1, 0.15) is 11.4 Å². The SMILES string of the molecule is Fc1ccc(C2CC2CNc2ccn3c(CC(F)(F)F)cnc3c2C(F)(F)F)cc1. The predicted molar refractivity (Wildman–Crippen MR) is 95.7 cm³/mol. The molecule has 4 rings (SSSR count). The molecule has 10 heteroatoms. The zero-order chi connectivity index (χ0) is 21.7. The van der Waals surface area contributed by atoms with Crippen LogP contribution in [0, 0.1) is 11.7 Å². The molecular weight excluding hydrogens is 415 g/mol. The van der Waals surface area contributed by atoms with Gasteiger partial charge in [-0.25, -0.2) is 9.37 Å². The van der Waals surface area contributed by atoms with Crippen molar-refractivity contribution >= 4 is 11.3 Å². The number of nitrogens with one attached hydrogen (secondary N) is 1. The van der Waals surface area contributed by atoms with Crippen LogP contribution in [-0.4, -0.2) is 22.1 Å². The maximum absolute atomic E-state index is 13.7. The van der Waals surface area contributed by atoms with Crippen molar-refractivity contribution in [2.24, 2.45) is 5.92 Å². The average molecular weight is 431 g/mol. The number of hydrogen-bond acceptors (Lipinski definition) is 2. The predicted octanol–water partition coefficient (Wildman–Crippen LogP) is 5.81. The van der Waals surface area contributed by atoms with Gasteiger partial charge in [0.25, 0.3) is 0 Å². The van der Waals surface area contributed by atoms with Gasteiger partial charge < -0.3 is 9.72 Å². The molecule has 1 fully saturated rings. The molecule has 30 heavy (non-hydrogen) atoms. The maximum Gasteiger partial charge on any atom is 0.421 e. The molecule has 2 unspecified atom stereocenters. The van der Waals surface area contributed by atoms with E-state index in [2.05, 4.69) is 10.3 Å². The second-order valence-corrected chi connectivity index (χ2v) is 7.37. The Labute approximate surface area is 166 Å². The molecule has 0 bridgehead atoms. The van der Waals surface area contributed by atoms with E-state index in [0.717, 1.165) is 34.8 Å². The zero-order valence-electron chi connectivity index (χ0n) is 15.4. The molecule has 3 aromatic rings. The molecule has 0 saturated heterocycles. The number of alkyl halides is 6. The van der Waals surface area contributed by atoms with E-state index in [-0.39, 0.29) is 35.6 Å². The highest BCUT2D eigenvalue weighted by molar-refractivity contribution is 5.66. The van der Waals surface area contributed by atoms with Crippen LogP contribution < -0.4 is 5.32 Å². The fourth-order valence-corrected chi connectivity index (χ4v) is 3.70. The first-order chi connectivity index (χ1) is 14.0. The van der Waals surface area contributed by atoms with Crippen molar-refractivity contribution in [3.63, 3.8) is 0 Å². The number of pyridine rings is 1. The molecule has 1 aliphatic rings. The van der Waals surface area contributed by atoms with Gasteiger partial charge in [-0.05, 0) is 42.0 Å². The number of aromatic nitrogens is 2. The van der Waals surface area contributed by atoms with E-state index in [4.69, 9.17) is 0 Å². The van der Waals surface area contributed by atoms with Gasteiger partial charge in [-0.3, -0.25) is 0 Å². The van der Waals surface area contributed by atoms with Gasteiger partial charge in [-0.15, -0.1) is 0 Å². The molecule has 160 valence electrons. The van der Waals surface area contributed by atoms with Crippen LogP contribution in [0.25, 0.3) is 5.65 Å². The van der Waals surface area contributed by atoms with Crippen molar-refractivity contribution in [1.82, 2.24) is 9.38 Å². The molecular formula is C20H16F7N3. The van der Waals surface area contributed by atoms with Gasteiger partial charge in [-0.1, -0.05) is 12.1 Å². The first-order valence-corrected chi connectivity index (χ1v) is 9.15. The van der Waals surface area contributed by atoms with Gasteiger partial charge in [0.05, 0.1) is 17.8 Å². The van der Waals surface area contributed by atoms with E-state index < -0.39 is 30.0 Å². The van der Waals surface area contributed by atoms with E-state index in [0.29, 0.717) is 0 Å². The van der Waals surface area contributed by atoms with Crippen molar-refractivity contribution in [3.8, 4) is 0 Å². The molecule has 2 atom stereocenters. The Balaban J connectivity index is 1.56. The lowest BCUT2D eigenvalue weighted by Gasteiger charge is -2.16. The van der Waals surface area contributed by atoms with Crippen molar-refractivity contribution < 1.29 is 30.7 Å². The van der Waals surface area contributed by atoms with E-state index in [1.807, 2.05) is 0 Å². The lowest BCUT2D eigenvalue weighted by Crippen LogP contribution is -2.16. The number of benzene rings is 1. The number of halogens is 7. The standard InChI is InChI=1S/C20H16F7N3/c21-13-3-1-11(2-4-13)15-7-12(15)9-28-16-5-6-30-14(8-19(22,23)24)10-29-18(30)17(16)20(25,26)27/h1-6,10,12,15,28H,7-9H2. The van der Waals surface area contributed by atoms with Gasteiger partial charge in [-0.2, -0.15) is 26.3 Å². The second kappa shape index (κ2) is 7.17. The Morgan fingerprint density at radius 2 is 1.73 bits per heavy atom. The van der Waals surface area contributed by atoms with Crippen LogP contribution in [0.4, 0.5) is 36.4 Å². The topological polar surface area (TPSA) is 29.3 Å². The molecule has 0 spiro atoms. The Hall–Kier alpha value is -2.78. The van der Waals surface area contributed by atoms with Gasteiger partial charge >= 0.3 is 12.4 Å². The Bertz CT molecular complexity index is 1050. The smallest absolute Gasteiger partial charge is 0.384 e. The highest BCUT2D eigenvalue weighted by atomic mass is 19.4. The van der Waals surface area contributed by atoms with Crippen molar-refractivity contribution in [3.05, 3.63) is 65.4 Å². The van der Waals surface area contributed by atoms with Crippen LogP contribution in [0.1, 0.15) is 29.2 Å². The lowest BCUT2D eigenvalue weighted by molar-refractivity contribution is -0.136. The van der Waals surface area contributed by atoms with Crippen molar-refractivity contribution in [2.75, 3.05) is 11.9 Å². The summed E-state index contributed by atoms with van der Waals surface area (Å²) in [6.07, 6.45) is -8.02. The van der Waals surface area contributed by atoms with Crippen LogP contribution in [0.5, 0.6) is 0 Å². The third-order valence-electron chi connectivity index (χ3n) is 5.20. The Morgan fingerprint density at radius 3 is 2.37 bits per heavy atom. The minimum Gasteiger partial charge on any atom is -0.384 e. The highest BCUT2D eigenvalue weighted by Crippen LogP contribution is 2.48. The molecule has 3 nitrogen and oxygen atoms in total. The van der Waals surface area contributed by atoms with E-state index in [9.17, 15) is 30.7 Å². The number of fused-ring (bicyclic) bond motifs is 1. The summed E-state index contributed by atoms with van der Waals surface area (Å²) >= 11 is 0. The maximum atomic E-state index is 13.7. The summed E-state index contributed by atoms with van der Waals surface area (Å²) in [6, 6.07) is 7.10. The summed E-state index contributed by atoms with van der Waals surface area (Å²) in [5.41, 5.74) is -1.35. The summed E-state index contributed by atoms with van der Waals surface area (Å²) in [5.74, 6) is -0.156. The highest BCUT2D eigenvalue weighted by Gasteiger charge is 2.41. The van der Waals surface area contributed by atoms with E-state index in [1.54, 1.807) is 12.1 Å². The normalized spacial score (nSPS) is 19.3. The summed E-state index contributed by atoms with van der Waals surface area (Å²) < 4.78 is 93.0. The Kier molecular flexibility index (Phi) is 4.90. The van der Waals surface area contributed by atoms with Crippen LogP contribution >= 0.6 is 0 Å². The van der Waals surface area contributed by atoms with Crippen LogP contribution in [0.3, 0.4) is 0 Å². The van der Waals surface area contributed by atoms with E-state index in [1.165, 1.54) is 12.1 Å². The third kappa shape index (κ3) is 4.22. The minimum absolute atomic E-state index is 0.0771. The molecule has 2 aromatic heterocycles. The number of nitrogens with zero attached hydrogens (tertiary/aromatic N) is 2. The molecule has 1 saturated carbocycles. The van der Waals surface area contributed by atoms with Gasteiger partial charge in [0.15, 0.2) is 5.65 Å². The summed E-state index contributed by atoms with van der Waals surface area (Å²) in [6.45, 7) is 0.247. The summed E-state index contributed by atoms with van der Waals surface area (Å²) in [7, 11) is 0. The van der Waals surface area contributed by atoms with Crippen molar-refractivity contribution in [2.45, 2.75) is 31.1 Å². The monoisotopic (exact) mass is 431 g/mol. The Morgan fingerprint density at radius 1 is 1.03 bits per heavy atom. The molecule has 0 aliphatic heterocycles. The molecule has 1 aromatic carbocycles. The first-order valence-electron chi connectivity index (χ1n) is 9.15. The fourth-order valence-electron chi connectivity index (χ4n) is 3.70. The summed E-state index contributed by atoms with van der Waals surface area (Å²) in [4.78, 5) is 3.61. The minimum atomic E-state index is -4.80. The fraction of sp³-hybridized carbons (Fsp3) is 0.350. The van der Waals surface area contributed by atoms with Crippen molar-refractivity contribution in [1.29, 1.82) is 0 Å². The zero-order valence-corrected chi connectivity index (χ0v) is 15.4. The molecule has 1 N–H and O–H groups in total. The molecule has 0 radical (unpaired) electrons. The van der Waals surface area contributed by atoms with Crippen LogP contribution in [-0.2, 0) is 12.6 Å². The molecule has 0 amide bonds. The number of rotatable bonds is 5. The third-order valence-corrected chi connectivity index (χ3v) is 5.20. The summed E-state index contributed by atoms with van der Waals surface area (Å²) in [5, 5.41) is 2.77. The van der Waals surface area contributed by atoms with Crippen LogP contribution in [0.2, 0.25) is 0 Å². The first kappa shape index (κ1) is 20.5. The molecule has 2 heterocycles. The largest absolute Gasteiger partial charge is 0.421 e. The average Bonchev–Trinajstić information content (AvgIpc) is 3.31. The van der Waals surface area contributed by atoms with E-state index >= 15 is 0 Å². The quantitative estimate of drug-likeness (QED) is 0.517. The van der Waals surface area contributed by atoms with Crippen LogP contribution in [0.15, 0.2) is 42.7 Å². The number of hydrogen-bond donors (Lipinski definition) is 1. The lowest BCUT2D eigenvalue weighted by atomic mass is 10.1. The van der Waals surface area contributed by atoms with Gasteiger partial charge in [0.2, 0.25) is 0 Å². The molecule has 1 aliphatic carbocycles.